The van der Waals surface area contributed by atoms with Gasteiger partial charge in [0.25, 0.3) is 0 Å². The van der Waals surface area contributed by atoms with Crippen molar-refractivity contribution in [2.24, 2.45) is 0 Å². The zero-order chi connectivity index (χ0) is 55.7. The Morgan fingerprint density at radius 3 is 0.575 bits per heavy atom. The number of halogens is 4. The first-order valence-electron chi connectivity index (χ1n) is 26.9. The lowest BCUT2D eigenvalue weighted by Gasteiger charge is -2.36. The molecule has 8 heteroatoms. The minimum absolute atomic E-state index is 0.354. The maximum absolute atomic E-state index is 15.2. The van der Waals surface area contributed by atoms with Crippen molar-refractivity contribution >= 4 is 101 Å². The predicted octanol–water partition coefficient (Wildman–Crippen LogP) is 21.5. The SMILES string of the molecule is Cc1cccc(C)c1N(c1ccc(F)cc1)c1cc(N(c2ccc(F)cc2)c2c(C)cccc2C)c2ccc3c(N(c4ccc(F)cc4)c4c(C)cccc4C)cc(N(c4ccc(F)cc4)c4c(C)cccc4C)c4ccc1c2c43. The van der Waals surface area contributed by atoms with E-state index in [1.165, 1.54) is 48.5 Å². The first kappa shape index (κ1) is 51.4. The van der Waals surface area contributed by atoms with Crippen LogP contribution in [0.15, 0.2) is 206 Å². The second-order valence-electron chi connectivity index (χ2n) is 21.1. The number of nitrogens with zero attached hydrogens (tertiary/aromatic N) is 4. The molecule has 0 aromatic heterocycles. The summed E-state index contributed by atoms with van der Waals surface area (Å²) < 4.78 is 60.9. The van der Waals surface area contributed by atoms with Gasteiger partial charge >= 0.3 is 0 Å². The zero-order valence-electron chi connectivity index (χ0n) is 45.9. The molecule has 0 saturated heterocycles. The zero-order valence-corrected chi connectivity index (χ0v) is 45.9. The standard InChI is InChI=1S/C72H58F4N4/c1-43-13-9-14-44(2)69(43)77(55-29-21-51(73)22-30-55)63-41-64(78(56-31-23-52(74)24-32-56)70-45(3)15-10-16-46(70)4)60-39-40-62-66(80(58-35-27-54(76)28-36-58)72-49(7)19-12-20-50(72)8)42-65(61-38-37-59(63)67(60)68(61)62)79(57-33-25-53(75)26-34-57)71-47(5)17-11-18-48(71)6/h9-42H,1-8H3. The number of hydrogen-bond donors (Lipinski definition) is 0. The van der Waals surface area contributed by atoms with E-state index in [1.54, 1.807) is 0 Å². The van der Waals surface area contributed by atoms with Crippen molar-refractivity contribution in [3.05, 3.63) is 274 Å². The first-order chi connectivity index (χ1) is 38.7. The van der Waals surface area contributed by atoms with Crippen LogP contribution in [-0.4, -0.2) is 0 Å². The molecule has 80 heavy (non-hydrogen) atoms. The topological polar surface area (TPSA) is 13.0 Å². The van der Waals surface area contributed by atoms with Crippen LogP contribution in [0.3, 0.4) is 0 Å². The van der Waals surface area contributed by atoms with Crippen LogP contribution in [-0.2, 0) is 0 Å². The van der Waals surface area contributed by atoms with Gasteiger partial charge in [0.05, 0.1) is 45.5 Å². The minimum Gasteiger partial charge on any atom is -0.309 e. The Morgan fingerprint density at radius 2 is 0.400 bits per heavy atom. The molecule has 0 fully saturated rings. The summed E-state index contributed by atoms with van der Waals surface area (Å²) in [7, 11) is 0. The van der Waals surface area contributed by atoms with Crippen molar-refractivity contribution in [1.82, 2.24) is 0 Å². The van der Waals surface area contributed by atoms with E-state index in [1.807, 2.05) is 48.5 Å². The molecule has 0 aliphatic rings. The van der Waals surface area contributed by atoms with Crippen LogP contribution in [0.4, 0.5) is 85.8 Å². The molecule has 0 heterocycles. The van der Waals surface area contributed by atoms with E-state index in [4.69, 9.17) is 0 Å². The summed E-state index contributed by atoms with van der Waals surface area (Å²) in [5, 5.41) is 5.54. The van der Waals surface area contributed by atoms with Gasteiger partial charge in [0, 0.05) is 55.1 Å². The molecule has 12 rings (SSSR count). The molecule has 4 nitrogen and oxygen atoms in total. The summed E-state index contributed by atoms with van der Waals surface area (Å²) in [5.74, 6) is -1.41. The number of hydrogen-bond acceptors (Lipinski definition) is 4. The van der Waals surface area contributed by atoms with E-state index in [0.29, 0.717) is 0 Å². The van der Waals surface area contributed by atoms with Gasteiger partial charge in [0.2, 0.25) is 0 Å². The number of aryl methyl sites for hydroxylation is 8. The molecule has 12 aromatic carbocycles. The highest BCUT2D eigenvalue weighted by Gasteiger charge is 2.31. The molecule has 0 aliphatic carbocycles. The molecule has 0 atom stereocenters. The summed E-state index contributed by atoms with van der Waals surface area (Å²) in [6, 6.07) is 65.0. The van der Waals surface area contributed by atoms with E-state index in [9.17, 15) is 0 Å². The van der Waals surface area contributed by atoms with Crippen LogP contribution in [0.2, 0.25) is 0 Å². The Labute approximate surface area is 465 Å². The molecular formula is C72H58F4N4. The third kappa shape index (κ3) is 8.81. The lowest BCUT2D eigenvalue weighted by molar-refractivity contribution is 0.627. The summed E-state index contributed by atoms with van der Waals surface area (Å²) in [5.41, 5.74) is 18.2. The van der Waals surface area contributed by atoms with Crippen molar-refractivity contribution in [1.29, 1.82) is 0 Å². The third-order valence-corrected chi connectivity index (χ3v) is 15.8. The van der Waals surface area contributed by atoms with Crippen LogP contribution in [0, 0.1) is 78.7 Å². The molecule has 0 bridgehead atoms. The molecule has 394 valence electrons. The van der Waals surface area contributed by atoms with Gasteiger partial charge in [-0.2, -0.15) is 0 Å². The van der Waals surface area contributed by atoms with E-state index in [2.05, 4.69) is 184 Å². The second-order valence-corrected chi connectivity index (χ2v) is 21.1. The smallest absolute Gasteiger partial charge is 0.123 e. The number of para-hydroxylation sites is 4. The Hall–Kier alpha value is -9.40. The normalized spacial score (nSPS) is 11.5. The largest absolute Gasteiger partial charge is 0.309 e. The average Bonchev–Trinajstić information content (AvgIpc) is 3.51. The van der Waals surface area contributed by atoms with Crippen LogP contribution in [0.25, 0.3) is 32.3 Å². The predicted molar refractivity (Wildman–Crippen MR) is 327 cm³/mol. The molecule has 0 radical (unpaired) electrons. The average molecular weight is 1060 g/mol. The van der Waals surface area contributed by atoms with E-state index in [0.717, 1.165) is 145 Å². The van der Waals surface area contributed by atoms with Gasteiger partial charge in [-0.15, -0.1) is 0 Å². The van der Waals surface area contributed by atoms with Gasteiger partial charge in [-0.3, -0.25) is 0 Å². The van der Waals surface area contributed by atoms with Crippen molar-refractivity contribution in [2.45, 2.75) is 55.4 Å². The van der Waals surface area contributed by atoms with Crippen LogP contribution < -0.4 is 19.6 Å². The highest BCUT2D eigenvalue weighted by Crippen LogP contribution is 2.56. The Kier molecular flexibility index (Phi) is 13.1. The molecule has 0 N–H and O–H groups in total. The first-order valence-corrected chi connectivity index (χ1v) is 26.9. The fraction of sp³-hybridized carbons (Fsp3) is 0.111. The summed E-state index contributed by atoms with van der Waals surface area (Å²) in [6.07, 6.45) is 0. The van der Waals surface area contributed by atoms with E-state index >= 15 is 17.6 Å². The Bertz CT molecular complexity index is 3690. The quantitative estimate of drug-likeness (QED) is 0.0893. The number of anilines is 12. The highest BCUT2D eigenvalue weighted by atomic mass is 19.1. The monoisotopic (exact) mass is 1050 g/mol. The molecule has 0 spiro atoms. The van der Waals surface area contributed by atoms with Gasteiger partial charge in [0.15, 0.2) is 0 Å². The molecule has 0 unspecified atom stereocenters. The van der Waals surface area contributed by atoms with E-state index in [-0.39, 0.29) is 23.3 Å². The van der Waals surface area contributed by atoms with Crippen LogP contribution >= 0.6 is 0 Å². The summed E-state index contributed by atoms with van der Waals surface area (Å²) in [4.78, 5) is 8.99. The summed E-state index contributed by atoms with van der Waals surface area (Å²) in [6.45, 7) is 16.8. The van der Waals surface area contributed by atoms with Crippen molar-refractivity contribution < 1.29 is 17.6 Å². The third-order valence-electron chi connectivity index (χ3n) is 15.8. The van der Waals surface area contributed by atoms with Gasteiger partial charge < -0.3 is 19.6 Å². The van der Waals surface area contributed by atoms with Gasteiger partial charge in [-0.05, 0) is 209 Å². The van der Waals surface area contributed by atoms with Crippen LogP contribution in [0.5, 0.6) is 0 Å². The molecule has 0 aliphatic heterocycles. The molecule has 0 saturated carbocycles. The van der Waals surface area contributed by atoms with Crippen molar-refractivity contribution in [2.75, 3.05) is 19.6 Å². The van der Waals surface area contributed by atoms with Gasteiger partial charge in [-0.25, -0.2) is 17.6 Å². The second kappa shape index (κ2) is 20.4. The maximum Gasteiger partial charge on any atom is 0.123 e. The molecule has 12 aromatic rings. The Morgan fingerprint density at radius 1 is 0.225 bits per heavy atom. The fourth-order valence-corrected chi connectivity index (χ4v) is 12.2. The van der Waals surface area contributed by atoms with Crippen molar-refractivity contribution in [3.63, 3.8) is 0 Å². The lowest BCUT2D eigenvalue weighted by atomic mass is 9.88. The highest BCUT2D eigenvalue weighted by molar-refractivity contribution is 6.33. The van der Waals surface area contributed by atoms with Crippen LogP contribution in [0.1, 0.15) is 44.5 Å². The van der Waals surface area contributed by atoms with E-state index < -0.39 is 0 Å². The number of benzene rings is 12. The fourth-order valence-electron chi connectivity index (χ4n) is 12.2. The van der Waals surface area contributed by atoms with Gasteiger partial charge in [0.1, 0.15) is 23.3 Å². The lowest BCUT2D eigenvalue weighted by Crippen LogP contribution is -2.18. The Balaban J connectivity index is 1.34. The maximum atomic E-state index is 15.2. The molecule has 0 amide bonds. The minimum atomic E-state index is -0.354. The van der Waals surface area contributed by atoms with Crippen molar-refractivity contribution in [3.8, 4) is 0 Å². The van der Waals surface area contributed by atoms with Gasteiger partial charge in [-0.1, -0.05) is 97.1 Å². The summed E-state index contributed by atoms with van der Waals surface area (Å²) >= 11 is 0. The molecular weight excluding hydrogens is 997 g/mol. The number of rotatable bonds is 12.